The summed E-state index contributed by atoms with van der Waals surface area (Å²) >= 11 is 6.11. The molecule has 0 aliphatic heterocycles. The Balaban J connectivity index is 2.30. The van der Waals surface area contributed by atoms with E-state index in [2.05, 4.69) is 10.1 Å². The number of H-pyrrole nitrogens is 1. The molecule has 0 amide bonds. The molecular formula is C20H18ClF4N3O3. The molecule has 1 aromatic carbocycles. The van der Waals surface area contributed by atoms with Crippen molar-refractivity contribution in [3.05, 3.63) is 52.7 Å². The summed E-state index contributed by atoms with van der Waals surface area (Å²) in [5, 5.41) is 13.2. The maximum atomic E-state index is 14.5. The van der Waals surface area contributed by atoms with Crippen molar-refractivity contribution in [2.24, 2.45) is 0 Å². The first-order chi connectivity index (χ1) is 14.6. The number of rotatable bonds is 6. The molecule has 0 saturated carbocycles. The third-order valence-corrected chi connectivity index (χ3v) is 4.72. The molecule has 1 atom stereocenters. The summed E-state index contributed by atoms with van der Waals surface area (Å²) in [7, 11) is 0. The van der Waals surface area contributed by atoms with Gasteiger partial charge in [-0.3, -0.25) is 4.68 Å². The lowest BCUT2D eigenvalue weighted by atomic mass is 9.99. The fraction of sp³-hybridized carbons (Fsp3) is 0.300. The van der Waals surface area contributed by atoms with Crippen LogP contribution in [0.4, 0.5) is 17.6 Å². The maximum absolute atomic E-state index is 14.5. The Bertz CT molecular complexity index is 1090. The number of nitrogens with zero attached hydrogens (tertiary/aromatic N) is 2. The Kier molecular flexibility index (Phi) is 6.42. The highest BCUT2D eigenvalue weighted by Gasteiger charge is 2.40. The van der Waals surface area contributed by atoms with Gasteiger partial charge in [0.25, 0.3) is 0 Å². The number of halogens is 5. The van der Waals surface area contributed by atoms with E-state index in [1.165, 1.54) is 32.2 Å². The van der Waals surface area contributed by atoms with Gasteiger partial charge in [0.1, 0.15) is 5.82 Å². The molecule has 2 aromatic heterocycles. The zero-order chi connectivity index (χ0) is 22.9. The molecular weight excluding hydrogens is 442 g/mol. The van der Waals surface area contributed by atoms with Gasteiger partial charge in [-0.15, -0.1) is 0 Å². The monoisotopic (exact) mass is 459 g/mol. The summed E-state index contributed by atoms with van der Waals surface area (Å²) in [6.45, 7) is 2.37. The Morgan fingerprint density at radius 1 is 1.35 bits per heavy atom. The summed E-state index contributed by atoms with van der Waals surface area (Å²) in [5.74, 6) is -1.71. The smallest absolute Gasteiger partial charge is 0.433 e. The fourth-order valence-corrected chi connectivity index (χ4v) is 3.52. The topological polar surface area (TPSA) is 80.1 Å². The van der Waals surface area contributed by atoms with E-state index in [1.54, 1.807) is 0 Å². The zero-order valence-corrected chi connectivity index (χ0v) is 17.2. The lowest BCUT2D eigenvalue weighted by molar-refractivity contribution is -0.144. The van der Waals surface area contributed by atoms with Gasteiger partial charge in [0.05, 0.1) is 41.7 Å². The molecule has 2 heterocycles. The molecule has 11 heteroatoms. The Morgan fingerprint density at radius 2 is 2.06 bits per heavy atom. The van der Waals surface area contributed by atoms with Crippen molar-refractivity contribution < 1.29 is 32.2 Å². The van der Waals surface area contributed by atoms with Crippen molar-refractivity contribution in [3.63, 3.8) is 0 Å². The van der Waals surface area contributed by atoms with E-state index in [0.717, 1.165) is 12.3 Å². The SMILES string of the molecule is CCOC(=O)c1c(-c2c(F)cccc2Cl)c[nH]c1-c1cnn(C[C@H](C)O)c1C(F)(F)F. The molecule has 0 fully saturated rings. The largest absolute Gasteiger partial charge is 0.462 e. The number of hydrogen-bond acceptors (Lipinski definition) is 4. The van der Waals surface area contributed by atoms with Gasteiger partial charge in [-0.05, 0) is 26.0 Å². The summed E-state index contributed by atoms with van der Waals surface area (Å²) in [6.07, 6.45) is -3.84. The second-order valence-electron chi connectivity index (χ2n) is 6.71. The zero-order valence-electron chi connectivity index (χ0n) is 16.4. The molecule has 0 spiro atoms. The standard InChI is InChI=1S/C20H18ClF4N3O3/c1-3-31-19(30)16-11(15-13(21)5-4-6-14(15)22)7-26-17(16)12-8-27-28(9-10(2)29)18(12)20(23,24)25/h4-8,10,26,29H,3,9H2,1-2H3/t10-/m0/s1. The number of aromatic amines is 1. The van der Waals surface area contributed by atoms with E-state index in [0.29, 0.717) is 4.68 Å². The van der Waals surface area contributed by atoms with Crippen LogP contribution in [-0.2, 0) is 17.5 Å². The van der Waals surface area contributed by atoms with Crippen LogP contribution < -0.4 is 0 Å². The molecule has 166 valence electrons. The number of aliphatic hydroxyl groups is 1. The van der Waals surface area contributed by atoms with E-state index in [-0.39, 0.29) is 34.0 Å². The van der Waals surface area contributed by atoms with Crippen molar-refractivity contribution in [2.75, 3.05) is 6.61 Å². The van der Waals surface area contributed by atoms with Gasteiger partial charge in [0, 0.05) is 22.9 Å². The number of nitrogens with one attached hydrogen (secondary N) is 1. The third-order valence-electron chi connectivity index (χ3n) is 4.41. The second kappa shape index (κ2) is 8.72. The highest BCUT2D eigenvalue weighted by atomic mass is 35.5. The third kappa shape index (κ3) is 4.45. The molecule has 0 saturated heterocycles. The first kappa shape index (κ1) is 22.8. The summed E-state index contributed by atoms with van der Waals surface area (Å²) in [6, 6.07) is 3.87. The minimum Gasteiger partial charge on any atom is -0.462 e. The molecule has 3 aromatic rings. The van der Waals surface area contributed by atoms with E-state index in [4.69, 9.17) is 16.3 Å². The Hall–Kier alpha value is -2.85. The van der Waals surface area contributed by atoms with Crippen LogP contribution in [0, 0.1) is 5.82 Å². The Morgan fingerprint density at radius 3 is 2.65 bits per heavy atom. The van der Waals surface area contributed by atoms with Gasteiger partial charge in [0.15, 0.2) is 5.69 Å². The maximum Gasteiger partial charge on any atom is 0.433 e. The number of aliphatic hydroxyl groups excluding tert-OH is 1. The van der Waals surface area contributed by atoms with Crippen molar-refractivity contribution >= 4 is 17.6 Å². The quantitative estimate of drug-likeness (QED) is 0.405. The average molecular weight is 460 g/mol. The minimum atomic E-state index is -4.85. The van der Waals surface area contributed by atoms with Gasteiger partial charge < -0.3 is 14.8 Å². The van der Waals surface area contributed by atoms with Gasteiger partial charge >= 0.3 is 12.1 Å². The van der Waals surface area contributed by atoms with Crippen LogP contribution in [0.1, 0.15) is 29.9 Å². The van der Waals surface area contributed by atoms with Crippen LogP contribution >= 0.6 is 11.6 Å². The van der Waals surface area contributed by atoms with Gasteiger partial charge in [-0.1, -0.05) is 17.7 Å². The summed E-state index contributed by atoms with van der Waals surface area (Å²) < 4.78 is 61.7. The number of hydrogen-bond donors (Lipinski definition) is 2. The minimum absolute atomic E-state index is 0.0306. The molecule has 2 N–H and O–H groups in total. The van der Waals surface area contributed by atoms with Crippen molar-refractivity contribution in [2.45, 2.75) is 32.7 Å². The van der Waals surface area contributed by atoms with Gasteiger partial charge in [0.2, 0.25) is 0 Å². The number of alkyl halides is 3. The number of benzene rings is 1. The molecule has 31 heavy (non-hydrogen) atoms. The number of carbonyl (C=O) groups excluding carboxylic acids is 1. The number of esters is 1. The number of ether oxygens (including phenoxy) is 1. The van der Waals surface area contributed by atoms with Crippen molar-refractivity contribution in [1.29, 1.82) is 0 Å². The summed E-state index contributed by atoms with van der Waals surface area (Å²) in [4.78, 5) is 15.3. The highest BCUT2D eigenvalue weighted by Crippen LogP contribution is 2.42. The summed E-state index contributed by atoms with van der Waals surface area (Å²) in [5.41, 5.74) is -2.39. The molecule has 0 unspecified atom stereocenters. The van der Waals surface area contributed by atoms with E-state index in [9.17, 15) is 27.5 Å². The van der Waals surface area contributed by atoms with Crippen LogP contribution in [0.25, 0.3) is 22.4 Å². The van der Waals surface area contributed by atoms with Gasteiger partial charge in [-0.2, -0.15) is 18.3 Å². The molecule has 3 rings (SSSR count). The normalized spacial score (nSPS) is 12.8. The fourth-order valence-electron chi connectivity index (χ4n) is 3.26. The molecule has 0 aliphatic rings. The van der Waals surface area contributed by atoms with Crippen LogP contribution in [0.2, 0.25) is 5.02 Å². The molecule has 0 aliphatic carbocycles. The van der Waals surface area contributed by atoms with E-state index in [1.807, 2.05) is 0 Å². The van der Waals surface area contributed by atoms with Gasteiger partial charge in [-0.25, -0.2) is 9.18 Å². The van der Waals surface area contributed by atoms with Crippen LogP contribution in [0.15, 0.2) is 30.6 Å². The molecule has 0 bridgehead atoms. The van der Waals surface area contributed by atoms with Crippen molar-refractivity contribution in [1.82, 2.24) is 14.8 Å². The van der Waals surface area contributed by atoms with E-state index >= 15 is 0 Å². The first-order valence-corrected chi connectivity index (χ1v) is 9.58. The predicted octanol–water partition coefficient (Wildman–Crippen LogP) is 4.91. The predicted molar refractivity (Wildman–Crippen MR) is 105 cm³/mol. The van der Waals surface area contributed by atoms with Crippen molar-refractivity contribution in [3.8, 4) is 22.4 Å². The highest BCUT2D eigenvalue weighted by molar-refractivity contribution is 6.33. The number of aromatic nitrogens is 3. The second-order valence-corrected chi connectivity index (χ2v) is 7.11. The van der Waals surface area contributed by atoms with Crippen LogP contribution in [0.3, 0.4) is 0 Å². The first-order valence-electron chi connectivity index (χ1n) is 9.20. The molecule has 6 nitrogen and oxygen atoms in total. The number of carbonyl (C=O) groups is 1. The van der Waals surface area contributed by atoms with Crippen LogP contribution in [-0.4, -0.2) is 38.6 Å². The van der Waals surface area contributed by atoms with E-state index < -0.39 is 41.9 Å². The molecule has 0 radical (unpaired) electrons. The average Bonchev–Trinajstić information content (AvgIpc) is 3.25. The lowest BCUT2D eigenvalue weighted by Crippen LogP contribution is -2.21. The Labute approximate surface area is 179 Å². The van der Waals surface area contributed by atoms with Crippen LogP contribution in [0.5, 0.6) is 0 Å². The lowest BCUT2D eigenvalue weighted by Gasteiger charge is -2.14.